The number of benzene rings is 2. The van der Waals surface area contributed by atoms with E-state index in [4.69, 9.17) is 12.2 Å². The number of rotatable bonds is 11. The third kappa shape index (κ3) is 5.69. The van der Waals surface area contributed by atoms with Gasteiger partial charge in [0.15, 0.2) is 10.7 Å². The quantitative estimate of drug-likeness (QED) is 0.215. The summed E-state index contributed by atoms with van der Waals surface area (Å²) in [6.07, 6.45) is 9.96. The van der Waals surface area contributed by atoms with Gasteiger partial charge in [0.2, 0.25) is 0 Å². The van der Waals surface area contributed by atoms with E-state index in [-0.39, 0.29) is 5.91 Å². The molecule has 0 radical (unpaired) electrons. The third-order valence-electron chi connectivity index (χ3n) is 6.00. The van der Waals surface area contributed by atoms with Crippen LogP contribution in [0, 0.1) is 0 Å². The Morgan fingerprint density at radius 2 is 1.64 bits per heavy atom. The minimum atomic E-state index is -1.06. The van der Waals surface area contributed by atoms with Crippen molar-refractivity contribution >= 4 is 35.3 Å². The number of thiocarbonyl (C=S) groups is 1. The van der Waals surface area contributed by atoms with Crippen LogP contribution in [0.2, 0.25) is 0 Å². The van der Waals surface area contributed by atoms with Crippen molar-refractivity contribution in [3.63, 3.8) is 0 Å². The van der Waals surface area contributed by atoms with Crippen LogP contribution in [0.4, 0.5) is 0 Å². The fraction of sp³-hybridized carbons (Fsp3) is 0.370. The lowest BCUT2D eigenvalue weighted by Crippen LogP contribution is -2.45. The number of methoxy groups -OCH3 is 1. The molecule has 1 fully saturated rings. The number of nitrogens with one attached hydrogen (secondary N) is 1. The summed E-state index contributed by atoms with van der Waals surface area (Å²) in [5.41, 5.74) is 1.43. The van der Waals surface area contributed by atoms with Crippen LogP contribution in [0.1, 0.15) is 62.1 Å². The van der Waals surface area contributed by atoms with E-state index in [1.165, 1.54) is 38.9 Å². The molecular weight excluding hydrogens is 432 g/mol. The molecule has 5 nitrogen and oxygen atoms in total. The molecule has 1 heterocycles. The van der Waals surface area contributed by atoms with Crippen molar-refractivity contribution in [2.75, 3.05) is 13.7 Å². The van der Waals surface area contributed by atoms with E-state index in [9.17, 15) is 9.59 Å². The number of unbranched alkanes of at least 4 members (excludes halogenated alkanes) is 5. The van der Waals surface area contributed by atoms with Crippen LogP contribution in [0.5, 0.6) is 0 Å². The van der Waals surface area contributed by atoms with Gasteiger partial charge in [-0.15, -0.1) is 0 Å². The number of hydrogen-bond acceptors (Lipinski definition) is 4. The molecule has 3 rings (SSSR count). The minimum absolute atomic E-state index is 0.0508. The smallest absolute Gasteiger partial charge is 0.330 e. The van der Waals surface area contributed by atoms with E-state index in [1.807, 2.05) is 54.6 Å². The second kappa shape index (κ2) is 11.8. The SMILES string of the molecule is CCCCCCCCN1C(=O)C(c2ccccc2)(c2ccc(/C=C/C(=O)OC)cc2)NC1=S. The van der Waals surface area contributed by atoms with Gasteiger partial charge >= 0.3 is 5.97 Å². The second-order valence-corrected chi connectivity index (χ2v) is 8.64. The highest BCUT2D eigenvalue weighted by molar-refractivity contribution is 7.80. The number of esters is 1. The monoisotopic (exact) mass is 464 g/mol. The van der Waals surface area contributed by atoms with E-state index >= 15 is 0 Å². The van der Waals surface area contributed by atoms with Gasteiger partial charge in [-0.1, -0.05) is 93.6 Å². The Morgan fingerprint density at radius 3 is 2.30 bits per heavy atom. The van der Waals surface area contributed by atoms with Crippen molar-refractivity contribution in [2.24, 2.45) is 0 Å². The van der Waals surface area contributed by atoms with E-state index in [0.717, 1.165) is 29.5 Å². The van der Waals surface area contributed by atoms with Crippen LogP contribution in [-0.2, 0) is 19.9 Å². The van der Waals surface area contributed by atoms with Gasteiger partial charge in [0, 0.05) is 12.6 Å². The van der Waals surface area contributed by atoms with Gasteiger partial charge in [-0.25, -0.2) is 4.79 Å². The number of carbonyl (C=O) groups excluding carboxylic acids is 2. The molecule has 1 unspecified atom stereocenters. The van der Waals surface area contributed by atoms with E-state index < -0.39 is 11.5 Å². The average Bonchev–Trinajstić information content (AvgIpc) is 3.11. The zero-order valence-corrected chi connectivity index (χ0v) is 20.2. The van der Waals surface area contributed by atoms with Gasteiger partial charge in [0.25, 0.3) is 5.91 Å². The predicted molar refractivity (Wildman–Crippen MR) is 136 cm³/mol. The summed E-state index contributed by atoms with van der Waals surface area (Å²) in [6, 6.07) is 17.3. The Kier molecular flexibility index (Phi) is 8.78. The number of nitrogens with zero attached hydrogens (tertiary/aromatic N) is 1. The Morgan fingerprint density at radius 1 is 1.00 bits per heavy atom. The molecule has 1 aliphatic heterocycles. The van der Waals surface area contributed by atoms with Crippen LogP contribution in [-0.4, -0.2) is 35.5 Å². The molecule has 0 spiro atoms. The first-order valence-electron chi connectivity index (χ1n) is 11.6. The lowest BCUT2D eigenvalue weighted by Gasteiger charge is -2.28. The van der Waals surface area contributed by atoms with E-state index in [0.29, 0.717) is 11.7 Å². The number of amides is 1. The molecule has 1 saturated heterocycles. The fourth-order valence-electron chi connectivity index (χ4n) is 4.15. The lowest BCUT2D eigenvalue weighted by atomic mass is 9.82. The zero-order chi connectivity index (χ0) is 23.7. The van der Waals surface area contributed by atoms with Gasteiger partial charge in [-0.3, -0.25) is 9.69 Å². The first-order valence-corrected chi connectivity index (χ1v) is 12.0. The normalized spacial score (nSPS) is 18.1. The maximum atomic E-state index is 13.8. The van der Waals surface area contributed by atoms with Crippen LogP contribution in [0.15, 0.2) is 60.7 Å². The molecule has 1 N–H and O–H groups in total. The Hall–Kier alpha value is -2.99. The maximum Gasteiger partial charge on any atom is 0.330 e. The number of ether oxygens (including phenoxy) is 1. The molecule has 1 aliphatic rings. The molecule has 0 bridgehead atoms. The molecule has 1 atom stereocenters. The molecule has 174 valence electrons. The summed E-state index contributed by atoms with van der Waals surface area (Å²) in [5, 5.41) is 3.82. The third-order valence-corrected chi connectivity index (χ3v) is 6.33. The van der Waals surface area contributed by atoms with Crippen molar-refractivity contribution in [1.29, 1.82) is 0 Å². The average molecular weight is 465 g/mol. The lowest BCUT2D eigenvalue weighted by molar-refractivity contribution is -0.134. The molecule has 33 heavy (non-hydrogen) atoms. The summed E-state index contributed by atoms with van der Waals surface area (Å²) in [5.74, 6) is -0.465. The first-order chi connectivity index (χ1) is 16.0. The summed E-state index contributed by atoms with van der Waals surface area (Å²) in [4.78, 5) is 26.9. The van der Waals surface area contributed by atoms with Crippen LogP contribution in [0.25, 0.3) is 6.08 Å². The van der Waals surface area contributed by atoms with Gasteiger partial charge in [0.05, 0.1) is 7.11 Å². The van der Waals surface area contributed by atoms with Crippen molar-refractivity contribution in [3.05, 3.63) is 77.4 Å². The van der Waals surface area contributed by atoms with E-state index in [1.54, 1.807) is 11.0 Å². The Balaban J connectivity index is 1.85. The van der Waals surface area contributed by atoms with Crippen LogP contribution < -0.4 is 5.32 Å². The van der Waals surface area contributed by atoms with Crippen molar-refractivity contribution < 1.29 is 14.3 Å². The summed E-state index contributed by atoms with van der Waals surface area (Å²) in [7, 11) is 1.34. The van der Waals surface area contributed by atoms with Crippen LogP contribution in [0.3, 0.4) is 0 Å². The molecule has 2 aromatic carbocycles. The van der Waals surface area contributed by atoms with Crippen molar-refractivity contribution in [1.82, 2.24) is 10.2 Å². The molecular formula is C27H32N2O3S. The number of carbonyl (C=O) groups is 2. The highest BCUT2D eigenvalue weighted by Gasteiger charge is 2.51. The second-order valence-electron chi connectivity index (χ2n) is 8.25. The zero-order valence-electron chi connectivity index (χ0n) is 19.4. The highest BCUT2D eigenvalue weighted by Crippen LogP contribution is 2.36. The molecule has 2 aromatic rings. The van der Waals surface area contributed by atoms with Gasteiger partial charge in [-0.2, -0.15) is 0 Å². The maximum absolute atomic E-state index is 13.8. The standard InChI is InChI=1S/C27H32N2O3S/c1-3-4-5-6-7-11-20-29-25(31)27(28-26(29)33,22-12-9-8-10-13-22)23-17-14-21(15-18-23)16-19-24(30)32-2/h8-10,12-19H,3-7,11,20H2,1-2H3,(H,28,33)/b19-16+. The molecule has 6 heteroatoms. The molecule has 0 aromatic heterocycles. The molecule has 0 aliphatic carbocycles. The van der Waals surface area contributed by atoms with Crippen molar-refractivity contribution in [3.8, 4) is 0 Å². The largest absolute Gasteiger partial charge is 0.466 e. The van der Waals surface area contributed by atoms with Crippen LogP contribution >= 0.6 is 12.2 Å². The highest BCUT2D eigenvalue weighted by atomic mass is 32.1. The van der Waals surface area contributed by atoms with Crippen molar-refractivity contribution in [2.45, 2.75) is 51.0 Å². The predicted octanol–water partition coefficient (Wildman–Crippen LogP) is 5.19. The van der Waals surface area contributed by atoms with E-state index in [2.05, 4.69) is 17.0 Å². The van der Waals surface area contributed by atoms with Gasteiger partial charge in [0.1, 0.15) is 0 Å². The Bertz CT molecular complexity index is 988. The summed E-state index contributed by atoms with van der Waals surface area (Å²) >= 11 is 5.63. The molecule has 0 saturated carbocycles. The summed E-state index contributed by atoms with van der Waals surface area (Å²) in [6.45, 7) is 2.82. The fourth-order valence-corrected chi connectivity index (χ4v) is 4.48. The topological polar surface area (TPSA) is 58.6 Å². The Labute approximate surface area is 201 Å². The number of hydrogen-bond donors (Lipinski definition) is 1. The first kappa shape index (κ1) is 24.6. The minimum Gasteiger partial charge on any atom is -0.466 e. The van der Waals surface area contributed by atoms with Gasteiger partial charge in [-0.05, 0) is 41.4 Å². The van der Waals surface area contributed by atoms with Gasteiger partial charge < -0.3 is 10.1 Å². The summed E-state index contributed by atoms with van der Waals surface area (Å²) < 4.78 is 4.65. The molecule has 1 amide bonds.